The molecule has 0 aliphatic carbocycles. The lowest BCUT2D eigenvalue weighted by Crippen LogP contribution is -2.52. The number of hydrogen-bond acceptors (Lipinski definition) is 6. The molecule has 9 nitrogen and oxygen atoms in total. The molecule has 2 aromatic heterocycles. The van der Waals surface area contributed by atoms with Gasteiger partial charge in [0.1, 0.15) is 6.04 Å². The fourth-order valence-electron chi connectivity index (χ4n) is 3.99. The lowest BCUT2D eigenvalue weighted by Gasteiger charge is -2.24. The number of amides is 3. The van der Waals surface area contributed by atoms with Crippen LogP contribution in [0.4, 0.5) is 0 Å². The zero-order chi connectivity index (χ0) is 23.5. The number of benzene rings is 1. The first-order valence-corrected chi connectivity index (χ1v) is 11.7. The lowest BCUT2D eigenvalue weighted by molar-refractivity contribution is -0.138. The molecule has 1 saturated heterocycles. The van der Waals surface area contributed by atoms with Gasteiger partial charge in [-0.05, 0) is 44.2 Å². The van der Waals surface area contributed by atoms with E-state index >= 15 is 0 Å². The van der Waals surface area contributed by atoms with Gasteiger partial charge in [-0.25, -0.2) is 4.68 Å². The Morgan fingerprint density at radius 2 is 1.88 bits per heavy atom. The molecule has 0 radical (unpaired) electrons. The van der Waals surface area contributed by atoms with Crippen LogP contribution >= 0.6 is 11.3 Å². The Morgan fingerprint density at radius 1 is 1.12 bits per heavy atom. The van der Waals surface area contributed by atoms with Gasteiger partial charge in [-0.2, -0.15) is 5.10 Å². The summed E-state index contributed by atoms with van der Waals surface area (Å²) in [6, 6.07) is 9.61. The molecule has 1 atom stereocenters. The number of fused-ring (bicyclic) bond motifs is 1. The quantitative estimate of drug-likeness (QED) is 0.558. The third-order valence-corrected chi connectivity index (χ3v) is 6.49. The number of rotatable bonds is 5. The van der Waals surface area contributed by atoms with Crippen molar-refractivity contribution < 1.29 is 14.4 Å². The molecule has 1 aliphatic heterocycles. The highest BCUT2D eigenvalue weighted by atomic mass is 32.1. The van der Waals surface area contributed by atoms with E-state index in [4.69, 9.17) is 0 Å². The molecule has 4 rings (SSSR count). The van der Waals surface area contributed by atoms with Gasteiger partial charge in [0.2, 0.25) is 5.91 Å². The summed E-state index contributed by atoms with van der Waals surface area (Å²) in [4.78, 5) is 53.6. The van der Waals surface area contributed by atoms with Gasteiger partial charge in [-0.3, -0.25) is 30.0 Å². The molecule has 33 heavy (non-hydrogen) atoms. The summed E-state index contributed by atoms with van der Waals surface area (Å²) < 4.78 is 1.25. The number of aromatic nitrogens is 2. The smallest absolute Gasteiger partial charge is 0.290 e. The Balaban J connectivity index is 1.48. The largest absolute Gasteiger partial charge is 0.330 e. The molecular formula is C23H25N5O4S. The zero-order valence-electron chi connectivity index (χ0n) is 18.4. The van der Waals surface area contributed by atoms with Crippen molar-refractivity contribution >= 4 is 39.8 Å². The van der Waals surface area contributed by atoms with Crippen molar-refractivity contribution in [3.8, 4) is 0 Å². The molecule has 0 spiro atoms. The molecule has 3 aromatic rings. The summed E-state index contributed by atoms with van der Waals surface area (Å²) in [7, 11) is 0. The number of likely N-dealkylation sites (tertiary alicyclic amines) is 1. The zero-order valence-corrected chi connectivity index (χ0v) is 19.2. The molecule has 10 heteroatoms. The fraction of sp³-hybridized carbons (Fsp3) is 0.348. The standard InChI is InChI=1S/C23H25N5O4S/c1-14(2)28-23(32)17-9-4-3-8-16(17)20(26-28)22(31)25-24-21(30)18-10-5-11-27(18)19(29)13-15-7-6-12-33-15/h3-4,6-9,12,14,18H,5,10-11,13H2,1-2H3,(H,24,30)(H,25,31). The van der Waals surface area contributed by atoms with Gasteiger partial charge in [0.05, 0.1) is 17.8 Å². The molecule has 1 unspecified atom stereocenters. The number of hydrogen-bond donors (Lipinski definition) is 2. The van der Waals surface area contributed by atoms with Crippen molar-refractivity contribution in [2.75, 3.05) is 6.54 Å². The van der Waals surface area contributed by atoms with Gasteiger partial charge in [-0.1, -0.05) is 24.3 Å². The van der Waals surface area contributed by atoms with Crippen LogP contribution in [0.15, 0.2) is 46.6 Å². The molecule has 1 fully saturated rings. The summed E-state index contributed by atoms with van der Waals surface area (Å²) in [5, 5.41) is 6.92. The molecule has 0 bridgehead atoms. The van der Waals surface area contributed by atoms with Gasteiger partial charge in [0, 0.05) is 16.8 Å². The molecule has 2 N–H and O–H groups in total. The van der Waals surface area contributed by atoms with Gasteiger partial charge < -0.3 is 4.90 Å². The topological polar surface area (TPSA) is 113 Å². The monoisotopic (exact) mass is 467 g/mol. The summed E-state index contributed by atoms with van der Waals surface area (Å²) in [6.45, 7) is 4.10. The minimum Gasteiger partial charge on any atom is -0.330 e. The van der Waals surface area contributed by atoms with Crippen LogP contribution in [0.3, 0.4) is 0 Å². The minimum absolute atomic E-state index is 0.0382. The fourth-order valence-corrected chi connectivity index (χ4v) is 4.68. The number of nitrogens with one attached hydrogen (secondary N) is 2. The van der Waals surface area contributed by atoms with E-state index in [1.165, 1.54) is 16.0 Å². The Bertz CT molecular complexity index is 1250. The highest BCUT2D eigenvalue weighted by Gasteiger charge is 2.34. The Hall–Kier alpha value is -3.53. The lowest BCUT2D eigenvalue weighted by atomic mass is 10.1. The molecule has 172 valence electrons. The third kappa shape index (κ3) is 4.65. The second-order valence-electron chi connectivity index (χ2n) is 8.18. The first kappa shape index (κ1) is 22.7. The van der Waals surface area contributed by atoms with Crippen LogP contribution < -0.4 is 16.4 Å². The average Bonchev–Trinajstić information content (AvgIpc) is 3.49. The summed E-state index contributed by atoms with van der Waals surface area (Å²) in [5.74, 6) is -1.21. The predicted molar refractivity (Wildman–Crippen MR) is 125 cm³/mol. The number of hydrazine groups is 1. The number of nitrogens with zero attached hydrogens (tertiary/aromatic N) is 3. The van der Waals surface area contributed by atoms with E-state index in [2.05, 4.69) is 16.0 Å². The normalized spacial score (nSPS) is 15.7. The van der Waals surface area contributed by atoms with E-state index in [-0.39, 0.29) is 29.6 Å². The van der Waals surface area contributed by atoms with Crippen LogP contribution in [0.1, 0.15) is 48.1 Å². The van der Waals surface area contributed by atoms with E-state index < -0.39 is 17.9 Å². The molecular weight excluding hydrogens is 442 g/mol. The van der Waals surface area contributed by atoms with Crippen molar-refractivity contribution in [3.05, 3.63) is 62.7 Å². The Labute approximate surface area is 194 Å². The van der Waals surface area contributed by atoms with Gasteiger partial charge >= 0.3 is 0 Å². The predicted octanol–water partition coefficient (Wildman–Crippen LogP) is 2.03. The van der Waals surface area contributed by atoms with Gasteiger partial charge in [-0.15, -0.1) is 11.3 Å². The number of carbonyl (C=O) groups excluding carboxylic acids is 3. The van der Waals surface area contributed by atoms with Crippen molar-refractivity contribution in [3.63, 3.8) is 0 Å². The molecule has 1 aromatic carbocycles. The van der Waals surface area contributed by atoms with Crippen LogP contribution in [-0.2, 0) is 16.0 Å². The highest BCUT2D eigenvalue weighted by molar-refractivity contribution is 7.10. The van der Waals surface area contributed by atoms with Crippen LogP contribution in [-0.4, -0.2) is 45.0 Å². The van der Waals surface area contributed by atoms with Crippen molar-refractivity contribution in [1.29, 1.82) is 0 Å². The maximum absolute atomic E-state index is 12.9. The second kappa shape index (κ2) is 9.53. The molecule has 1 aliphatic rings. The minimum atomic E-state index is -0.646. The van der Waals surface area contributed by atoms with E-state index in [9.17, 15) is 19.2 Å². The molecule has 0 saturated carbocycles. The van der Waals surface area contributed by atoms with Crippen LogP contribution in [0.5, 0.6) is 0 Å². The summed E-state index contributed by atoms with van der Waals surface area (Å²) in [6.07, 6.45) is 1.49. The Kier molecular flexibility index (Phi) is 6.55. The molecule has 3 heterocycles. The van der Waals surface area contributed by atoms with Crippen molar-refractivity contribution in [2.24, 2.45) is 0 Å². The average molecular weight is 468 g/mol. The number of thiophene rings is 1. The van der Waals surface area contributed by atoms with Crippen LogP contribution in [0, 0.1) is 0 Å². The van der Waals surface area contributed by atoms with Crippen LogP contribution in [0.2, 0.25) is 0 Å². The molecule has 3 amide bonds. The first-order valence-electron chi connectivity index (χ1n) is 10.8. The second-order valence-corrected chi connectivity index (χ2v) is 9.21. The van der Waals surface area contributed by atoms with Gasteiger partial charge in [0.15, 0.2) is 5.69 Å². The van der Waals surface area contributed by atoms with Crippen molar-refractivity contribution in [2.45, 2.75) is 45.2 Å². The summed E-state index contributed by atoms with van der Waals surface area (Å²) in [5.41, 5.74) is 4.60. The van der Waals surface area contributed by atoms with E-state index in [0.717, 1.165) is 4.88 Å². The van der Waals surface area contributed by atoms with Crippen molar-refractivity contribution in [1.82, 2.24) is 25.5 Å². The highest BCUT2D eigenvalue weighted by Crippen LogP contribution is 2.20. The van der Waals surface area contributed by atoms with Crippen LogP contribution in [0.25, 0.3) is 10.8 Å². The van der Waals surface area contributed by atoms with E-state index in [1.807, 2.05) is 17.5 Å². The maximum atomic E-state index is 12.9. The summed E-state index contributed by atoms with van der Waals surface area (Å²) >= 11 is 1.50. The SMILES string of the molecule is CC(C)n1nc(C(=O)NNC(=O)C2CCCN2C(=O)Cc2cccs2)c2ccccc2c1=O. The Morgan fingerprint density at radius 3 is 2.58 bits per heavy atom. The van der Waals surface area contributed by atoms with E-state index in [0.29, 0.717) is 30.2 Å². The number of carbonyl (C=O) groups is 3. The van der Waals surface area contributed by atoms with E-state index in [1.54, 1.807) is 43.0 Å². The van der Waals surface area contributed by atoms with Gasteiger partial charge in [0.25, 0.3) is 17.4 Å². The maximum Gasteiger partial charge on any atom is 0.290 e. The third-order valence-electron chi connectivity index (χ3n) is 5.61. The first-order chi connectivity index (χ1) is 15.9.